The number of ether oxygens (including phenoxy) is 1. The summed E-state index contributed by atoms with van der Waals surface area (Å²) in [4.78, 5) is 22.1. The summed E-state index contributed by atoms with van der Waals surface area (Å²) in [5.74, 6) is -0.833. The minimum Gasteiger partial charge on any atom is -0.465 e. The summed E-state index contributed by atoms with van der Waals surface area (Å²) >= 11 is 3.02. The molecule has 3 nitrogen and oxygen atoms in total. The van der Waals surface area contributed by atoms with Gasteiger partial charge in [-0.1, -0.05) is 46.3 Å². The molecule has 15 heavy (non-hydrogen) atoms. The van der Waals surface area contributed by atoms with Crippen LogP contribution in [0.3, 0.4) is 0 Å². The van der Waals surface area contributed by atoms with Crippen molar-refractivity contribution in [3.63, 3.8) is 0 Å². The lowest BCUT2D eigenvalue weighted by Gasteiger charge is -2.07. The van der Waals surface area contributed by atoms with Crippen molar-refractivity contribution in [3.05, 3.63) is 35.9 Å². The molecule has 0 fully saturated rings. The minimum atomic E-state index is -0.917. The molecule has 4 heteroatoms. The van der Waals surface area contributed by atoms with Gasteiger partial charge in [0.2, 0.25) is 0 Å². The quantitative estimate of drug-likeness (QED) is 0.365. The molecule has 0 N–H and O–H groups in total. The Balaban J connectivity index is 2.73. The maximum absolute atomic E-state index is 11.7. The second kappa shape index (κ2) is 5.66. The fourth-order valence-corrected chi connectivity index (χ4v) is 1.47. The van der Waals surface area contributed by atoms with Crippen LogP contribution in [0.25, 0.3) is 0 Å². The lowest BCUT2D eigenvalue weighted by molar-refractivity contribution is -0.141. The molecule has 80 valence electrons. The summed E-state index contributed by atoms with van der Waals surface area (Å²) in [6.07, 6.45) is 0. The van der Waals surface area contributed by atoms with Crippen LogP contribution in [0.2, 0.25) is 0 Å². The van der Waals surface area contributed by atoms with Gasteiger partial charge in [-0.05, 0) is 6.92 Å². The van der Waals surface area contributed by atoms with Crippen LogP contribution in [0.15, 0.2) is 30.3 Å². The Labute approximate surface area is 96.6 Å². The first-order chi connectivity index (χ1) is 7.16. The van der Waals surface area contributed by atoms with Gasteiger partial charge in [0.05, 0.1) is 6.61 Å². The number of alkyl halides is 1. The van der Waals surface area contributed by atoms with E-state index in [9.17, 15) is 9.59 Å². The molecule has 0 radical (unpaired) electrons. The van der Waals surface area contributed by atoms with E-state index in [0.29, 0.717) is 5.56 Å². The predicted octanol–water partition coefficient (Wildman–Crippen LogP) is 2.20. The Morgan fingerprint density at radius 1 is 1.33 bits per heavy atom. The van der Waals surface area contributed by atoms with Gasteiger partial charge in [-0.25, -0.2) is 0 Å². The van der Waals surface area contributed by atoms with E-state index in [1.54, 1.807) is 31.2 Å². The fourth-order valence-electron chi connectivity index (χ4n) is 1.07. The second-order valence-corrected chi connectivity index (χ2v) is 3.76. The van der Waals surface area contributed by atoms with Crippen molar-refractivity contribution in [1.29, 1.82) is 0 Å². The maximum Gasteiger partial charge on any atom is 0.327 e. The van der Waals surface area contributed by atoms with Gasteiger partial charge < -0.3 is 4.74 Å². The van der Waals surface area contributed by atoms with E-state index in [-0.39, 0.29) is 12.4 Å². The van der Waals surface area contributed by atoms with E-state index in [1.165, 1.54) is 0 Å². The molecule has 0 aliphatic heterocycles. The fraction of sp³-hybridized carbons (Fsp3) is 0.273. The van der Waals surface area contributed by atoms with Crippen molar-refractivity contribution in [2.75, 3.05) is 6.61 Å². The molecule has 0 unspecified atom stereocenters. The van der Waals surface area contributed by atoms with Crippen LogP contribution in [-0.4, -0.2) is 23.2 Å². The van der Waals surface area contributed by atoms with Gasteiger partial charge in [-0.15, -0.1) is 0 Å². The third-order valence-electron chi connectivity index (χ3n) is 1.78. The molecule has 1 aromatic carbocycles. The largest absolute Gasteiger partial charge is 0.465 e. The van der Waals surface area contributed by atoms with Crippen molar-refractivity contribution >= 4 is 27.7 Å². The molecule has 0 bridgehead atoms. The van der Waals surface area contributed by atoms with Crippen LogP contribution >= 0.6 is 15.9 Å². The number of Topliss-reactive ketones (excluding diaryl/α,β-unsaturated/α-hetero) is 1. The van der Waals surface area contributed by atoms with Crippen LogP contribution in [0.5, 0.6) is 0 Å². The molecule has 0 aromatic heterocycles. The molecule has 0 aliphatic rings. The molecule has 0 heterocycles. The number of carbonyl (C=O) groups excluding carboxylic acids is 2. The van der Waals surface area contributed by atoms with Crippen LogP contribution in [0, 0.1) is 0 Å². The molecule has 0 amide bonds. The molecule has 0 aliphatic carbocycles. The maximum atomic E-state index is 11.7. The Kier molecular flexibility index (Phi) is 4.49. The summed E-state index contributed by atoms with van der Waals surface area (Å²) in [7, 11) is 0. The van der Waals surface area contributed by atoms with E-state index in [4.69, 9.17) is 4.74 Å². The lowest BCUT2D eigenvalue weighted by atomic mass is 10.1. The first-order valence-corrected chi connectivity index (χ1v) is 5.48. The average Bonchev–Trinajstić information content (AvgIpc) is 2.28. The highest BCUT2D eigenvalue weighted by atomic mass is 79.9. The monoisotopic (exact) mass is 270 g/mol. The zero-order valence-electron chi connectivity index (χ0n) is 8.27. The van der Waals surface area contributed by atoms with Gasteiger partial charge in [0.1, 0.15) is 0 Å². The van der Waals surface area contributed by atoms with Crippen molar-refractivity contribution in [1.82, 2.24) is 0 Å². The number of ketones is 1. The average molecular weight is 271 g/mol. The lowest BCUT2D eigenvalue weighted by Crippen LogP contribution is -2.26. The van der Waals surface area contributed by atoms with Crippen LogP contribution in [-0.2, 0) is 9.53 Å². The van der Waals surface area contributed by atoms with E-state index < -0.39 is 10.8 Å². The Morgan fingerprint density at radius 3 is 2.47 bits per heavy atom. The number of rotatable bonds is 4. The van der Waals surface area contributed by atoms with E-state index in [2.05, 4.69) is 15.9 Å². The van der Waals surface area contributed by atoms with Gasteiger partial charge in [0.25, 0.3) is 0 Å². The van der Waals surface area contributed by atoms with E-state index in [1.807, 2.05) is 6.07 Å². The zero-order chi connectivity index (χ0) is 11.3. The van der Waals surface area contributed by atoms with Crippen molar-refractivity contribution < 1.29 is 14.3 Å². The molecule has 0 spiro atoms. The van der Waals surface area contributed by atoms with Gasteiger partial charge >= 0.3 is 5.97 Å². The molecule has 0 saturated heterocycles. The van der Waals surface area contributed by atoms with Crippen molar-refractivity contribution in [2.24, 2.45) is 0 Å². The highest BCUT2D eigenvalue weighted by Crippen LogP contribution is 2.11. The number of benzene rings is 1. The third kappa shape index (κ3) is 3.16. The van der Waals surface area contributed by atoms with Gasteiger partial charge in [-0.3, -0.25) is 9.59 Å². The first kappa shape index (κ1) is 11.9. The van der Waals surface area contributed by atoms with Crippen molar-refractivity contribution in [3.8, 4) is 0 Å². The highest BCUT2D eigenvalue weighted by Gasteiger charge is 2.25. The number of halogens is 1. The van der Waals surface area contributed by atoms with Gasteiger partial charge in [0, 0.05) is 5.56 Å². The summed E-state index contributed by atoms with van der Waals surface area (Å²) < 4.78 is 4.74. The van der Waals surface area contributed by atoms with E-state index in [0.717, 1.165) is 0 Å². The number of hydrogen-bond acceptors (Lipinski definition) is 3. The Bertz CT molecular complexity index is 348. The van der Waals surface area contributed by atoms with Crippen LogP contribution < -0.4 is 0 Å². The molecule has 0 saturated carbocycles. The topological polar surface area (TPSA) is 43.4 Å². The number of esters is 1. The van der Waals surface area contributed by atoms with Crippen molar-refractivity contribution in [2.45, 2.75) is 11.8 Å². The molecular formula is C11H11BrO3. The summed E-state index contributed by atoms with van der Waals surface area (Å²) in [6, 6.07) is 8.63. The number of carbonyl (C=O) groups is 2. The van der Waals surface area contributed by atoms with Crippen LogP contribution in [0.1, 0.15) is 17.3 Å². The highest BCUT2D eigenvalue weighted by molar-refractivity contribution is 9.10. The zero-order valence-corrected chi connectivity index (χ0v) is 9.86. The molecular weight excluding hydrogens is 260 g/mol. The van der Waals surface area contributed by atoms with Gasteiger partial charge in [0.15, 0.2) is 10.6 Å². The Hall–Kier alpha value is -1.16. The SMILES string of the molecule is CCOC(=O)[C@H](Br)C(=O)c1ccccc1. The standard InChI is InChI=1S/C11H11BrO3/c1-2-15-11(14)9(12)10(13)8-6-4-3-5-7-8/h3-7,9H,2H2,1H3/t9-/m1/s1. The third-order valence-corrected chi connectivity index (χ3v) is 2.57. The molecule has 1 aromatic rings. The number of hydrogen-bond donors (Lipinski definition) is 0. The first-order valence-electron chi connectivity index (χ1n) is 4.56. The summed E-state index contributed by atoms with van der Waals surface area (Å²) in [5, 5.41) is 0. The normalized spacial score (nSPS) is 11.9. The van der Waals surface area contributed by atoms with E-state index >= 15 is 0 Å². The summed E-state index contributed by atoms with van der Waals surface area (Å²) in [5.41, 5.74) is 0.493. The predicted molar refractivity (Wildman–Crippen MR) is 60.1 cm³/mol. The smallest absolute Gasteiger partial charge is 0.327 e. The van der Waals surface area contributed by atoms with Gasteiger partial charge in [-0.2, -0.15) is 0 Å². The summed E-state index contributed by atoms with van der Waals surface area (Å²) in [6.45, 7) is 1.97. The Morgan fingerprint density at radius 2 is 1.93 bits per heavy atom. The second-order valence-electron chi connectivity index (χ2n) is 2.84. The minimum absolute atomic E-state index is 0.267. The van der Waals surface area contributed by atoms with Crippen LogP contribution in [0.4, 0.5) is 0 Å². The molecule has 1 atom stereocenters. The molecule has 1 rings (SSSR count).